The molecule has 22 heavy (non-hydrogen) atoms. The van der Waals surface area contributed by atoms with Crippen molar-refractivity contribution in [1.82, 2.24) is 9.97 Å². The third-order valence-electron chi connectivity index (χ3n) is 2.74. The second kappa shape index (κ2) is 6.93. The molecule has 0 atom stereocenters. The number of ether oxygens (including phenoxy) is 1. The van der Waals surface area contributed by atoms with E-state index in [9.17, 15) is 13.6 Å². The van der Waals surface area contributed by atoms with Crippen molar-refractivity contribution in [3.05, 3.63) is 47.5 Å². The van der Waals surface area contributed by atoms with Crippen LogP contribution in [0.25, 0.3) is 0 Å². The Morgan fingerprint density at radius 2 is 1.95 bits per heavy atom. The topological polar surface area (TPSA) is 64.1 Å². The second-order valence-corrected chi connectivity index (χ2v) is 4.44. The van der Waals surface area contributed by atoms with Crippen LogP contribution < -0.4 is 10.1 Å². The summed E-state index contributed by atoms with van der Waals surface area (Å²) in [5.74, 6) is 0.226. The molecule has 0 radical (unpaired) electrons. The van der Waals surface area contributed by atoms with Crippen LogP contribution in [0.5, 0.6) is 5.75 Å². The van der Waals surface area contributed by atoms with Crippen LogP contribution in [0.2, 0.25) is 0 Å². The van der Waals surface area contributed by atoms with Gasteiger partial charge in [-0.15, -0.1) is 0 Å². The number of carbonyl (C=O) groups excluding carboxylic acids is 1. The fraction of sp³-hybridized carbons (Fsp3) is 0.267. The number of alkyl halides is 2. The lowest BCUT2D eigenvalue weighted by Gasteiger charge is -2.08. The van der Waals surface area contributed by atoms with Gasteiger partial charge in [-0.2, -0.15) is 0 Å². The summed E-state index contributed by atoms with van der Waals surface area (Å²) in [5.41, 5.74) is -0.0515. The summed E-state index contributed by atoms with van der Waals surface area (Å²) in [5, 5.41) is 2.59. The fourth-order valence-corrected chi connectivity index (χ4v) is 1.82. The van der Waals surface area contributed by atoms with Gasteiger partial charge in [-0.1, -0.05) is 0 Å². The van der Waals surface area contributed by atoms with Gasteiger partial charge in [-0.25, -0.2) is 18.7 Å². The van der Waals surface area contributed by atoms with E-state index in [4.69, 9.17) is 4.74 Å². The third-order valence-corrected chi connectivity index (χ3v) is 2.74. The van der Waals surface area contributed by atoms with Gasteiger partial charge in [0.25, 0.3) is 12.3 Å². The molecule has 0 fully saturated rings. The van der Waals surface area contributed by atoms with E-state index < -0.39 is 18.0 Å². The summed E-state index contributed by atoms with van der Waals surface area (Å²) in [4.78, 5) is 19.5. The Hall–Kier alpha value is -2.57. The summed E-state index contributed by atoms with van der Waals surface area (Å²) in [6, 6.07) is 7.71. The minimum Gasteiger partial charge on any atom is -0.494 e. The van der Waals surface area contributed by atoms with E-state index in [1.54, 1.807) is 24.3 Å². The molecular weight excluding hydrogens is 292 g/mol. The zero-order valence-electron chi connectivity index (χ0n) is 12.1. The number of aryl methyl sites for hydroxylation is 1. The highest BCUT2D eigenvalue weighted by Crippen LogP contribution is 2.19. The van der Waals surface area contributed by atoms with Crippen LogP contribution >= 0.6 is 0 Å². The van der Waals surface area contributed by atoms with Gasteiger partial charge < -0.3 is 10.1 Å². The van der Waals surface area contributed by atoms with Gasteiger partial charge in [-0.3, -0.25) is 4.79 Å². The molecular formula is C15H15F2N3O2. The van der Waals surface area contributed by atoms with E-state index in [1.165, 1.54) is 6.92 Å². The summed E-state index contributed by atoms with van der Waals surface area (Å²) in [6.45, 7) is 3.87. The van der Waals surface area contributed by atoms with Crippen molar-refractivity contribution in [2.75, 3.05) is 11.9 Å². The highest BCUT2D eigenvalue weighted by molar-refractivity contribution is 6.02. The van der Waals surface area contributed by atoms with Gasteiger partial charge in [0.05, 0.1) is 6.61 Å². The average Bonchev–Trinajstić information content (AvgIpc) is 2.49. The smallest absolute Gasteiger partial charge is 0.280 e. The summed E-state index contributed by atoms with van der Waals surface area (Å²) >= 11 is 0. The van der Waals surface area contributed by atoms with Crippen LogP contribution in [-0.2, 0) is 0 Å². The average molecular weight is 307 g/mol. The summed E-state index contributed by atoms with van der Waals surface area (Å²) in [7, 11) is 0. The Bertz CT molecular complexity index is 660. The quantitative estimate of drug-likeness (QED) is 0.920. The Morgan fingerprint density at radius 1 is 1.27 bits per heavy atom. The summed E-state index contributed by atoms with van der Waals surface area (Å²) in [6.07, 6.45) is -2.75. The molecule has 116 valence electrons. The lowest BCUT2D eigenvalue weighted by molar-refractivity contribution is 0.102. The van der Waals surface area contributed by atoms with E-state index >= 15 is 0 Å². The lowest BCUT2D eigenvalue weighted by atomic mass is 10.2. The van der Waals surface area contributed by atoms with Crippen LogP contribution in [0.15, 0.2) is 30.3 Å². The molecule has 1 aromatic heterocycles. The number of aromatic nitrogens is 2. The highest BCUT2D eigenvalue weighted by Gasteiger charge is 2.15. The predicted molar refractivity (Wildman–Crippen MR) is 77.3 cm³/mol. The number of hydrogen-bond donors (Lipinski definition) is 1. The third kappa shape index (κ3) is 3.97. The Kier molecular flexibility index (Phi) is 4.98. The lowest BCUT2D eigenvalue weighted by Crippen LogP contribution is -2.15. The Balaban J connectivity index is 2.15. The monoisotopic (exact) mass is 307 g/mol. The molecule has 5 nitrogen and oxygen atoms in total. The minimum atomic E-state index is -2.75. The van der Waals surface area contributed by atoms with Crippen LogP contribution in [-0.4, -0.2) is 22.5 Å². The van der Waals surface area contributed by atoms with Gasteiger partial charge >= 0.3 is 0 Å². The normalized spacial score (nSPS) is 10.6. The predicted octanol–water partition coefficient (Wildman–Crippen LogP) is 3.37. The number of rotatable bonds is 5. The van der Waals surface area contributed by atoms with Gasteiger partial charge in [-0.05, 0) is 44.2 Å². The number of anilines is 1. The first kappa shape index (κ1) is 15.8. The van der Waals surface area contributed by atoms with E-state index in [-0.39, 0.29) is 11.5 Å². The maximum absolute atomic E-state index is 12.7. The van der Waals surface area contributed by atoms with E-state index in [2.05, 4.69) is 15.3 Å². The molecule has 0 saturated carbocycles. The molecule has 7 heteroatoms. The molecule has 0 unspecified atom stereocenters. The van der Waals surface area contributed by atoms with Crippen molar-refractivity contribution in [2.45, 2.75) is 20.3 Å². The van der Waals surface area contributed by atoms with Crippen LogP contribution in [0.1, 0.15) is 35.4 Å². The number of halogens is 2. The largest absolute Gasteiger partial charge is 0.494 e. The molecule has 0 bridgehead atoms. The van der Waals surface area contributed by atoms with Gasteiger partial charge in [0.1, 0.15) is 23.0 Å². The first-order valence-corrected chi connectivity index (χ1v) is 6.67. The van der Waals surface area contributed by atoms with Crippen LogP contribution in [0.3, 0.4) is 0 Å². The zero-order valence-corrected chi connectivity index (χ0v) is 12.1. The Morgan fingerprint density at radius 3 is 2.55 bits per heavy atom. The fourth-order valence-electron chi connectivity index (χ4n) is 1.82. The van der Waals surface area contributed by atoms with Crippen molar-refractivity contribution in [1.29, 1.82) is 0 Å². The SMILES string of the molecule is CCOc1ccc(NC(=O)c2cc(C(F)F)nc(C)n2)cc1. The zero-order chi connectivity index (χ0) is 16.1. The number of nitrogens with zero attached hydrogens (tertiary/aromatic N) is 2. The Labute approximate surface area is 126 Å². The molecule has 0 aliphatic heterocycles. The summed E-state index contributed by atoms with van der Waals surface area (Å²) < 4.78 is 30.7. The first-order valence-electron chi connectivity index (χ1n) is 6.67. The number of benzene rings is 1. The molecule has 1 aromatic carbocycles. The molecule has 0 spiro atoms. The van der Waals surface area contributed by atoms with Gasteiger partial charge in [0, 0.05) is 5.69 Å². The molecule has 0 aliphatic carbocycles. The second-order valence-electron chi connectivity index (χ2n) is 4.44. The molecule has 1 N–H and O–H groups in total. The van der Waals surface area contributed by atoms with Crippen molar-refractivity contribution >= 4 is 11.6 Å². The van der Waals surface area contributed by atoms with Crippen molar-refractivity contribution in [3.8, 4) is 5.75 Å². The van der Waals surface area contributed by atoms with Crippen LogP contribution in [0.4, 0.5) is 14.5 Å². The first-order chi connectivity index (χ1) is 10.5. The van der Waals surface area contributed by atoms with Gasteiger partial charge in [0.2, 0.25) is 0 Å². The van der Waals surface area contributed by atoms with Crippen molar-refractivity contribution in [2.24, 2.45) is 0 Å². The molecule has 1 amide bonds. The molecule has 2 rings (SSSR count). The minimum absolute atomic E-state index is 0.100. The molecule has 0 aliphatic rings. The van der Waals surface area contributed by atoms with Crippen LogP contribution in [0, 0.1) is 6.92 Å². The maximum atomic E-state index is 12.7. The molecule has 1 heterocycles. The van der Waals surface area contributed by atoms with Crippen molar-refractivity contribution < 1.29 is 18.3 Å². The highest BCUT2D eigenvalue weighted by atomic mass is 19.3. The maximum Gasteiger partial charge on any atom is 0.280 e. The molecule has 0 saturated heterocycles. The van der Waals surface area contributed by atoms with Crippen molar-refractivity contribution in [3.63, 3.8) is 0 Å². The standard InChI is InChI=1S/C15H15F2N3O2/c1-3-22-11-6-4-10(5-7-11)20-15(21)13-8-12(14(16)17)18-9(2)19-13/h4-8,14H,3H2,1-2H3,(H,20,21). The number of carbonyl (C=O) groups is 1. The molecule has 2 aromatic rings. The van der Waals surface area contributed by atoms with E-state index in [0.29, 0.717) is 18.0 Å². The van der Waals surface area contributed by atoms with E-state index in [1.807, 2.05) is 6.92 Å². The number of nitrogens with one attached hydrogen (secondary N) is 1. The van der Waals surface area contributed by atoms with Gasteiger partial charge in [0.15, 0.2) is 0 Å². The number of amides is 1. The van der Waals surface area contributed by atoms with E-state index in [0.717, 1.165) is 6.07 Å². The number of hydrogen-bond acceptors (Lipinski definition) is 4.